The largest absolute Gasteiger partial charge is 0.391 e. The summed E-state index contributed by atoms with van der Waals surface area (Å²) in [5, 5.41) is 39.6. The second-order valence-electron chi connectivity index (χ2n) is 9.77. The van der Waals surface area contributed by atoms with Gasteiger partial charge in [0.15, 0.2) is 0 Å². The molecular formula is C20H34F3N3O4. The van der Waals surface area contributed by atoms with Crippen molar-refractivity contribution in [2.24, 2.45) is 17.8 Å². The maximum absolute atomic E-state index is 13.0. The van der Waals surface area contributed by atoms with E-state index in [1.807, 2.05) is 4.90 Å². The zero-order chi connectivity index (χ0) is 21.8. The number of aliphatic hydroxyl groups is 3. The number of fused-ring (bicyclic) bond motifs is 1. The van der Waals surface area contributed by atoms with Crippen molar-refractivity contribution >= 4 is 0 Å². The van der Waals surface area contributed by atoms with E-state index in [1.54, 1.807) is 0 Å². The van der Waals surface area contributed by atoms with Crippen LogP contribution in [0, 0.1) is 17.8 Å². The van der Waals surface area contributed by atoms with Crippen LogP contribution in [0.2, 0.25) is 0 Å². The highest BCUT2D eigenvalue weighted by atomic mass is 19.4. The van der Waals surface area contributed by atoms with Crippen LogP contribution in [0.1, 0.15) is 46.0 Å². The van der Waals surface area contributed by atoms with Gasteiger partial charge in [0.05, 0.1) is 18.2 Å². The van der Waals surface area contributed by atoms with Gasteiger partial charge in [-0.15, -0.1) is 0 Å². The molecule has 3 aliphatic heterocycles. The third kappa shape index (κ3) is 3.89. The molecule has 0 aromatic rings. The summed E-state index contributed by atoms with van der Waals surface area (Å²) in [6, 6.07) is 0.311. The summed E-state index contributed by atoms with van der Waals surface area (Å²) in [4.78, 5) is 2.01. The molecule has 1 aliphatic carbocycles. The standard InChI is InChI=1S/C20H34F3N3O4/c1-10-13-7-8-26(17(13)25-9-24-10)18-15(28)19(2,29)16(30-18)14(27)11-3-5-12(6-4-11)20(21,22)23/h10-18,24-25,27-29H,3-9H2,1-2H3/t10?,11?,12?,13?,14-,15+,16?,17?,18-,19+/m1/s1. The number of hydrogen-bond donors (Lipinski definition) is 5. The fourth-order valence-electron chi connectivity index (χ4n) is 5.93. The van der Waals surface area contributed by atoms with Crippen molar-refractivity contribution in [3.63, 3.8) is 0 Å². The first-order chi connectivity index (χ1) is 14.0. The lowest BCUT2D eigenvalue weighted by molar-refractivity contribution is -0.191. The number of aliphatic hydroxyl groups excluding tert-OH is 2. The highest BCUT2D eigenvalue weighted by Gasteiger charge is 2.59. The molecule has 174 valence electrons. The number of ether oxygens (including phenoxy) is 1. The summed E-state index contributed by atoms with van der Waals surface area (Å²) in [6.45, 7) is 4.88. The minimum absolute atomic E-state index is 0.00480. The molecule has 3 heterocycles. The van der Waals surface area contributed by atoms with Crippen LogP contribution in [0.3, 0.4) is 0 Å². The predicted molar refractivity (Wildman–Crippen MR) is 102 cm³/mol. The molecule has 4 unspecified atom stereocenters. The van der Waals surface area contributed by atoms with Gasteiger partial charge in [-0.1, -0.05) is 0 Å². The molecule has 0 aromatic carbocycles. The van der Waals surface area contributed by atoms with Crippen molar-refractivity contribution < 1.29 is 33.2 Å². The number of nitrogens with one attached hydrogen (secondary N) is 2. The van der Waals surface area contributed by atoms with E-state index in [1.165, 1.54) is 6.92 Å². The monoisotopic (exact) mass is 437 g/mol. The van der Waals surface area contributed by atoms with Crippen molar-refractivity contribution in [2.75, 3.05) is 13.2 Å². The minimum Gasteiger partial charge on any atom is -0.390 e. The van der Waals surface area contributed by atoms with Crippen LogP contribution in [0.5, 0.6) is 0 Å². The van der Waals surface area contributed by atoms with Crippen molar-refractivity contribution in [3.05, 3.63) is 0 Å². The maximum Gasteiger partial charge on any atom is 0.391 e. The van der Waals surface area contributed by atoms with E-state index in [0.29, 0.717) is 25.2 Å². The van der Waals surface area contributed by atoms with E-state index in [0.717, 1.165) is 6.42 Å². The lowest BCUT2D eigenvalue weighted by atomic mass is 9.75. The third-order valence-electron chi connectivity index (χ3n) is 7.95. The van der Waals surface area contributed by atoms with E-state index >= 15 is 0 Å². The normalized spacial score (nSPS) is 49.2. The lowest BCUT2D eigenvalue weighted by Crippen LogP contribution is -2.62. The van der Waals surface area contributed by atoms with Gasteiger partial charge < -0.3 is 25.4 Å². The summed E-state index contributed by atoms with van der Waals surface area (Å²) >= 11 is 0. The summed E-state index contributed by atoms with van der Waals surface area (Å²) in [6.07, 6.45) is -7.11. The molecule has 3 saturated heterocycles. The van der Waals surface area contributed by atoms with Crippen LogP contribution in [0.25, 0.3) is 0 Å². The average molecular weight is 438 g/mol. The molecule has 0 spiro atoms. The van der Waals surface area contributed by atoms with Gasteiger partial charge in [0, 0.05) is 25.2 Å². The summed E-state index contributed by atoms with van der Waals surface area (Å²) in [5.41, 5.74) is -1.69. The molecular weight excluding hydrogens is 403 g/mol. The molecule has 1 saturated carbocycles. The first-order valence-corrected chi connectivity index (χ1v) is 11.0. The van der Waals surface area contributed by atoms with Gasteiger partial charge in [0.1, 0.15) is 24.0 Å². The second-order valence-corrected chi connectivity index (χ2v) is 9.77. The molecule has 7 nitrogen and oxygen atoms in total. The van der Waals surface area contributed by atoms with Crippen molar-refractivity contribution in [2.45, 2.75) is 94.5 Å². The molecule has 10 heteroatoms. The van der Waals surface area contributed by atoms with E-state index in [-0.39, 0.29) is 31.8 Å². The minimum atomic E-state index is -4.21. The Balaban J connectivity index is 1.44. The molecule has 4 aliphatic rings. The topological polar surface area (TPSA) is 97.2 Å². The number of halogens is 3. The SMILES string of the molecule is CC1NCNC2C1CCN2[C@@H]1OC([C@H](O)C2CCC(C(F)(F)F)CC2)[C@@](C)(O)[C@H]1O. The van der Waals surface area contributed by atoms with Crippen molar-refractivity contribution in [3.8, 4) is 0 Å². The van der Waals surface area contributed by atoms with Crippen LogP contribution in [0.15, 0.2) is 0 Å². The summed E-state index contributed by atoms with van der Waals surface area (Å²) < 4.78 is 44.9. The first-order valence-electron chi connectivity index (χ1n) is 11.0. The highest BCUT2D eigenvalue weighted by molar-refractivity contribution is 5.07. The first kappa shape index (κ1) is 22.7. The van der Waals surface area contributed by atoms with Gasteiger partial charge in [0.2, 0.25) is 0 Å². The smallest absolute Gasteiger partial charge is 0.390 e. The number of alkyl halides is 3. The van der Waals surface area contributed by atoms with Crippen LogP contribution in [-0.4, -0.2) is 82.0 Å². The van der Waals surface area contributed by atoms with Gasteiger partial charge in [-0.3, -0.25) is 10.2 Å². The second kappa shape index (κ2) is 8.13. The van der Waals surface area contributed by atoms with Gasteiger partial charge in [-0.2, -0.15) is 13.2 Å². The molecule has 0 amide bonds. The predicted octanol–water partition coefficient (Wildman–Crippen LogP) is 0.740. The highest BCUT2D eigenvalue weighted by Crippen LogP contribution is 2.45. The van der Waals surface area contributed by atoms with E-state index < -0.39 is 48.2 Å². The maximum atomic E-state index is 13.0. The number of likely N-dealkylation sites (tertiary alicyclic amines) is 1. The molecule has 0 bridgehead atoms. The molecule has 4 rings (SSSR count). The van der Waals surface area contributed by atoms with Crippen LogP contribution in [0.4, 0.5) is 13.2 Å². The zero-order valence-electron chi connectivity index (χ0n) is 17.5. The fourth-order valence-corrected chi connectivity index (χ4v) is 5.93. The van der Waals surface area contributed by atoms with Crippen molar-refractivity contribution in [1.82, 2.24) is 15.5 Å². The Kier molecular flexibility index (Phi) is 6.15. The van der Waals surface area contributed by atoms with Gasteiger partial charge in [0.25, 0.3) is 0 Å². The molecule has 4 fully saturated rings. The van der Waals surface area contributed by atoms with Crippen LogP contribution < -0.4 is 10.6 Å². The number of hydrogen-bond acceptors (Lipinski definition) is 7. The van der Waals surface area contributed by atoms with Gasteiger partial charge in [-0.05, 0) is 51.9 Å². The Morgan fingerprint density at radius 2 is 1.80 bits per heavy atom. The van der Waals surface area contributed by atoms with E-state index in [9.17, 15) is 28.5 Å². The average Bonchev–Trinajstić information content (AvgIpc) is 3.21. The van der Waals surface area contributed by atoms with Gasteiger partial charge in [-0.25, -0.2) is 0 Å². The molecule has 8 atom stereocenters. The Morgan fingerprint density at radius 1 is 1.13 bits per heavy atom. The lowest BCUT2D eigenvalue weighted by Gasteiger charge is -2.40. The summed E-state index contributed by atoms with van der Waals surface area (Å²) in [5.74, 6) is -1.39. The van der Waals surface area contributed by atoms with E-state index in [4.69, 9.17) is 4.74 Å². The number of rotatable bonds is 3. The fraction of sp³-hybridized carbons (Fsp3) is 1.00. The number of nitrogens with zero attached hydrogens (tertiary/aromatic N) is 1. The van der Waals surface area contributed by atoms with Crippen molar-refractivity contribution in [1.29, 1.82) is 0 Å². The Morgan fingerprint density at radius 3 is 2.43 bits per heavy atom. The molecule has 30 heavy (non-hydrogen) atoms. The van der Waals surface area contributed by atoms with Crippen LogP contribution in [-0.2, 0) is 4.74 Å². The summed E-state index contributed by atoms with van der Waals surface area (Å²) in [7, 11) is 0. The molecule has 5 N–H and O–H groups in total. The Labute approximate surface area is 175 Å². The van der Waals surface area contributed by atoms with Crippen LogP contribution >= 0.6 is 0 Å². The van der Waals surface area contributed by atoms with E-state index in [2.05, 4.69) is 17.6 Å². The quantitative estimate of drug-likeness (QED) is 0.444. The molecule has 0 radical (unpaired) electrons. The Bertz CT molecular complexity index is 615. The molecule has 0 aromatic heterocycles. The van der Waals surface area contributed by atoms with Gasteiger partial charge >= 0.3 is 6.18 Å². The Hall–Kier alpha value is -0.490. The zero-order valence-corrected chi connectivity index (χ0v) is 17.5. The third-order valence-corrected chi connectivity index (χ3v) is 7.95.